The van der Waals surface area contributed by atoms with Crippen LogP contribution < -0.4 is 27.7 Å². The number of aromatic nitrogens is 3. The lowest BCUT2D eigenvalue weighted by atomic mass is 10.1. The van der Waals surface area contributed by atoms with Crippen LogP contribution in [-0.2, 0) is 24.1 Å². The average Bonchev–Trinajstić information content (AvgIpc) is 3.37. The van der Waals surface area contributed by atoms with Crippen molar-refractivity contribution in [2.24, 2.45) is 0 Å². The predicted octanol–water partition coefficient (Wildman–Crippen LogP) is 7.00. The number of hydrogen-bond acceptors (Lipinski definition) is 8. The first-order valence-electron chi connectivity index (χ1n) is 13.7. The van der Waals surface area contributed by atoms with Gasteiger partial charge in [0, 0.05) is 28.3 Å². The van der Waals surface area contributed by atoms with Gasteiger partial charge in [0.2, 0.25) is 5.91 Å². The van der Waals surface area contributed by atoms with Gasteiger partial charge in [-0.25, -0.2) is 18.2 Å². The molecule has 0 aliphatic heterocycles. The summed E-state index contributed by atoms with van der Waals surface area (Å²) >= 11 is 5.69. The van der Waals surface area contributed by atoms with E-state index in [1.54, 1.807) is 13.8 Å². The number of amides is 1. The van der Waals surface area contributed by atoms with E-state index < -0.39 is 47.2 Å². The zero-order chi connectivity index (χ0) is 35.5. The molecule has 2 heterocycles. The summed E-state index contributed by atoms with van der Waals surface area (Å²) in [4.78, 5) is 30.1. The van der Waals surface area contributed by atoms with Gasteiger partial charge in [0.05, 0.1) is 21.9 Å². The third-order valence-electron chi connectivity index (χ3n) is 6.41. The number of nitrogens with zero attached hydrogens (tertiary/aromatic N) is 3. The Morgan fingerprint density at radius 1 is 1.00 bits per heavy atom. The van der Waals surface area contributed by atoms with Gasteiger partial charge in [-0.1, -0.05) is 21.1 Å². The fraction of sp³-hybridized carbons (Fsp3) is 0.200. The number of nitrogens with one attached hydrogen (secondary N) is 2. The van der Waals surface area contributed by atoms with Gasteiger partial charge in [0.25, 0.3) is 5.56 Å². The number of hydrogen-bond donors (Lipinski definition) is 4. The molecular formula is C30H25Br2F6N7O3. The maximum atomic E-state index is 14.4. The maximum absolute atomic E-state index is 14.4. The van der Waals surface area contributed by atoms with Crippen LogP contribution in [-0.4, -0.2) is 26.7 Å². The van der Waals surface area contributed by atoms with Crippen LogP contribution in [0.5, 0.6) is 0 Å². The summed E-state index contributed by atoms with van der Waals surface area (Å²) in [6, 6.07) is 7.61. The Kier molecular flexibility index (Phi) is 11.1. The molecule has 0 fully saturated rings. The van der Waals surface area contributed by atoms with E-state index in [-0.39, 0.29) is 56.6 Å². The molecule has 5 aromatic rings. The zero-order valence-corrected chi connectivity index (χ0v) is 28.0. The standard InChI is InChI=1S/C24H23F4N7O3.C6H2Br2F2/c1-11(2)33-22-23(37)35(17(9-32-22)13-5-14(24(26,27)28)7-15(29)6-13)10-19(36)31-8-12-3-16(25)20-18(4-12)38-34-21(20)30;7-3-1-4(9)6(8)5(10)2-3/h3-7,9,11H,8,10,29H2,1-2H3,(H2,30,34)(H,31,36)(H,32,33);1-2H. The highest BCUT2D eigenvalue weighted by Crippen LogP contribution is 2.34. The first-order valence-corrected chi connectivity index (χ1v) is 15.3. The van der Waals surface area contributed by atoms with E-state index in [4.69, 9.17) is 16.0 Å². The molecule has 2 aromatic heterocycles. The number of alkyl halides is 3. The van der Waals surface area contributed by atoms with E-state index >= 15 is 0 Å². The Morgan fingerprint density at radius 3 is 2.29 bits per heavy atom. The molecule has 1 amide bonds. The molecule has 0 aliphatic carbocycles. The van der Waals surface area contributed by atoms with Crippen LogP contribution in [0, 0.1) is 17.5 Å². The van der Waals surface area contributed by atoms with Gasteiger partial charge in [0.1, 0.15) is 29.4 Å². The minimum absolute atomic E-state index is 0.0126. The van der Waals surface area contributed by atoms with Crippen molar-refractivity contribution in [1.82, 2.24) is 20.0 Å². The molecule has 0 radical (unpaired) electrons. The van der Waals surface area contributed by atoms with Crippen LogP contribution in [0.2, 0.25) is 0 Å². The molecular weight excluding hydrogens is 780 g/mol. The van der Waals surface area contributed by atoms with Crippen LogP contribution in [0.15, 0.2) is 66.9 Å². The molecule has 3 aromatic carbocycles. The molecule has 254 valence electrons. The normalized spacial score (nSPS) is 11.4. The quantitative estimate of drug-likeness (QED) is 0.0594. The lowest BCUT2D eigenvalue weighted by molar-refractivity contribution is -0.137. The largest absolute Gasteiger partial charge is 0.416 e. The van der Waals surface area contributed by atoms with Gasteiger partial charge in [0.15, 0.2) is 17.2 Å². The van der Waals surface area contributed by atoms with Gasteiger partial charge in [-0.05, 0) is 77.8 Å². The highest BCUT2D eigenvalue weighted by molar-refractivity contribution is 9.11. The number of rotatable bonds is 7. The Labute approximate surface area is 284 Å². The summed E-state index contributed by atoms with van der Waals surface area (Å²) in [6.45, 7) is 2.81. The molecule has 0 saturated heterocycles. The fourth-order valence-electron chi connectivity index (χ4n) is 4.34. The molecule has 6 N–H and O–H groups in total. The second-order valence-corrected chi connectivity index (χ2v) is 12.2. The van der Waals surface area contributed by atoms with E-state index in [1.165, 1.54) is 30.5 Å². The molecule has 48 heavy (non-hydrogen) atoms. The molecule has 0 unspecified atom stereocenters. The van der Waals surface area contributed by atoms with Crippen LogP contribution >= 0.6 is 31.9 Å². The van der Waals surface area contributed by atoms with Gasteiger partial charge in [-0.2, -0.15) is 13.2 Å². The van der Waals surface area contributed by atoms with Gasteiger partial charge < -0.3 is 26.6 Å². The Morgan fingerprint density at radius 2 is 1.67 bits per heavy atom. The zero-order valence-electron chi connectivity index (χ0n) is 24.9. The first kappa shape index (κ1) is 36.3. The second-order valence-electron chi connectivity index (χ2n) is 10.5. The van der Waals surface area contributed by atoms with Crippen LogP contribution in [0.25, 0.3) is 22.2 Å². The number of anilines is 3. The van der Waals surface area contributed by atoms with Crippen molar-refractivity contribution in [3.05, 3.63) is 96.5 Å². The highest BCUT2D eigenvalue weighted by Gasteiger charge is 2.31. The summed E-state index contributed by atoms with van der Waals surface area (Å²) in [7, 11) is 0. The summed E-state index contributed by atoms with van der Waals surface area (Å²) in [5.41, 5.74) is 9.63. The number of carbonyl (C=O) groups excluding carboxylic acids is 1. The fourth-order valence-corrected chi connectivity index (χ4v) is 4.97. The van der Waals surface area contributed by atoms with E-state index in [0.717, 1.165) is 22.8 Å². The average molecular weight is 805 g/mol. The van der Waals surface area contributed by atoms with Gasteiger partial charge in [-0.15, -0.1) is 0 Å². The molecule has 5 rings (SSSR count). The molecule has 0 bridgehead atoms. The SMILES string of the molecule is CC(C)Nc1ncc(-c2cc(N)cc(C(F)(F)F)c2)n(CC(=O)NCc2cc(F)c3c(N)noc3c2)c1=O.Fc1cc(Br)cc(F)c1Br. The molecule has 0 aliphatic rings. The van der Waals surface area contributed by atoms with E-state index in [2.05, 4.69) is 52.6 Å². The summed E-state index contributed by atoms with van der Waals surface area (Å²) < 4.78 is 85.8. The summed E-state index contributed by atoms with van der Waals surface area (Å²) in [5.74, 6) is -2.78. The number of nitrogens with two attached hydrogens (primary N) is 2. The molecule has 0 atom stereocenters. The van der Waals surface area contributed by atoms with Gasteiger partial charge >= 0.3 is 6.18 Å². The number of halogens is 8. The topological polar surface area (TPSA) is 154 Å². The highest BCUT2D eigenvalue weighted by atomic mass is 79.9. The maximum Gasteiger partial charge on any atom is 0.416 e. The second kappa shape index (κ2) is 14.7. The minimum atomic E-state index is -4.69. The smallest absolute Gasteiger partial charge is 0.399 e. The Bertz CT molecular complexity index is 2030. The third-order valence-corrected chi connectivity index (χ3v) is 7.63. The molecule has 0 saturated carbocycles. The summed E-state index contributed by atoms with van der Waals surface area (Å²) in [6.07, 6.45) is -3.50. The minimum Gasteiger partial charge on any atom is -0.399 e. The number of nitrogen functional groups attached to an aromatic ring is 2. The van der Waals surface area contributed by atoms with Crippen molar-refractivity contribution in [3.63, 3.8) is 0 Å². The number of fused-ring (bicyclic) bond motifs is 1. The number of carbonyl (C=O) groups is 1. The molecule has 0 spiro atoms. The first-order chi connectivity index (χ1) is 22.4. The molecule has 18 heteroatoms. The predicted molar refractivity (Wildman–Crippen MR) is 174 cm³/mol. The van der Waals surface area contributed by atoms with Crippen molar-refractivity contribution < 1.29 is 35.7 Å². The van der Waals surface area contributed by atoms with Crippen molar-refractivity contribution in [3.8, 4) is 11.3 Å². The van der Waals surface area contributed by atoms with E-state index in [0.29, 0.717) is 10.0 Å². The van der Waals surface area contributed by atoms with Crippen LogP contribution in [0.1, 0.15) is 25.0 Å². The van der Waals surface area contributed by atoms with Crippen molar-refractivity contribution in [2.75, 3.05) is 16.8 Å². The van der Waals surface area contributed by atoms with Crippen molar-refractivity contribution in [2.45, 2.75) is 39.2 Å². The van der Waals surface area contributed by atoms with Crippen LogP contribution in [0.4, 0.5) is 43.7 Å². The van der Waals surface area contributed by atoms with E-state index in [9.17, 15) is 35.9 Å². The van der Waals surface area contributed by atoms with Crippen molar-refractivity contribution >= 4 is 66.1 Å². The number of benzene rings is 3. The monoisotopic (exact) mass is 803 g/mol. The lowest BCUT2D eigenvalue weighted by Gasteiger charge is -2.17. The Balaban J connectivity index is 0.000000445. The Hall–Kier alpha value is -4.58. The van der Waals surface area contributed by atoms with Crippen molar-refractivity contribution in [1.29, 1.82) is 0 Å². The third kappa shape index (κ3) is 8.66. The van der Waals surface area contributed by atoms with Crippen LogP contribution in [0.3, 0.4) is 0 Å². The summed E-state index contributed by atoms with van der Waals surface area (Å²) in [5, 5.41) is 8.91. The molecule has 10 nitrogen and oxygen atoms in total. The van der Waals surface area contributed by atoms with E-state index in [1.807, 2.05) is 0 Å². The lowest BCUT2D eigenvalue weighted by Crippen LogP contribution is -2.35. The van der Waals surface area contributed by atoms with Gasteiger partial charge in [-0.3, -0.25) is 14.2 Å².